The molecular formula is C21H23N3O4. The van der Waals surface area contributed by atoms with Gasteiger partial charge >= 0.3 is 17.8 Å². The number of carbonyl (C=O) groups is 3. The van der Waals surface area contributed by atoms with Crippen molar-refractivity contribution in [2.75, 3.05) is 11.9 Å². The van der Waals surface area contributed by atoms with Gasteiger partial charge in [-0.05, 0) is 56.5 Å². The van der Waals surface area contributed by atoms with Gasteiger partial charge in [0.1, 0.15) is 0 Å². The van der Waals surface area contributed by atoms with E-state index in [-0.39, 0.29) is 6.61 Å². The number of rotatable bonds is 7. The molecule has 0 fully saturated rings. The Bertz CT molecular complexity index is 846. The van der Waals surface area contributed by atoms with Gasteiger partial charge in [0.05, 0.1) is 12.2 Å². The number of esters is 1. The number of amides is 2. The van der Waals surface area contributed by atoms with Gasteiger partial charge in [-0.2, -0.15) is 5.10 Å². The molecule has 0 heterocycles. The van der Waals surface area contributed by atoms with Crippen molar-refractivity contribution in [3.05, 3.63) is 65.7 Å². The first kappa shape index (κ1) is 20.8. The second kappa shape index (κ2) is 10.6. The predicted octanol–water partition coefficient (Wildman–Crippen LogP) is 2.93. The molecule has 0 bridgehead atoms. The molecule has 2 rings (SSSR count). The lowest BCUT2D eigenvalue weighted by Crippen LogP contribution is -2.32. The zero-order valence-corrected chi connectivity index (χ0v) is 15.9. The SMILES string of the molecule is CCOC(=O)c1ccc(NC(=O)C(=O)NN=C(C)CCc2ccccc2)cc1. The lowest BCUT2D eigenvalue weighted by Gasteiger charge is -2.06. The van der Waals surface area contributed by atoms with Crippen molar-refractivity contribution in [2.24, 2.45) is 5.10 Å². The molecule has 7 nitrogen and oxygen atoms in total. The van der Waals surface area contributed by atoms with Crippen LogP contribution in [0.25, 0.3) is 0 Å². The lowest BCUT2D eigenvalue weighted by molar-refractivity contribution is -0.136. The van der Waals surface area contributed by atoms with Crippen molar-refractivity contribution in [2.45, 2.75) is 26.7 Å². The standard InChI is InChI=1S/C21H23N3O4/c1-3-28-21(27)17-11-13-18(14-12-17)22-19(25)20(26)24-23-15(2)9-10-16-7-5-4-6-8-16/h4-8,11-14H,3,9-10H2,1-2H3,(H,22,25)(H,24,26). The molecule has 146 valence electrons. The summed E-state index contributed by atoms with van der Waals surface area (Å²) < 4.78 is 4.88. The Hall–Kier alpha value is -3.48. The number of benzene rings is 2. The highest BCUT2D eigenvalue weighted by Crippen LogP contribution is 2.10. The van der Waals surface area contributed by atoms with E-state index in [1.165, 1.54) is 29.8 Å². The second-order valence-electron chi connectivity index (χ2n) is 6.03. The van der Waals surface area contributed by atoms with Gasteiger partial charge in [-0.25, -0.2) is 10.2 Å². The van der Waals surface area contributed by atoms with Gasteiger partial charge in [0.15, 0.2) is 0 Å². The predicted molar refractivity (Wildman–Crippen MR) is 107 cm³/mol. The third kappa shape index (κ3) is 6.68. The van der Waals surface area contributed by atoms with Crippen LogP contribution in [0.2, 0.25) is 0 Å². The molecule has 0 aliphatic rings. The highest BCUT2D eigenvalue weighted by atomic mass is 16.5. The molecule has 0 saturated carbocycles. The number of hydrogen-bond donors (Lipinski definition) is 2. The van der Waals surface area contributed by atoms with Crippen LogP contribution < -0.4 is 10.7 Å². The first-order chi connectivity index (χ1) is 13.5. The summed E-state index contributed by atoms with van der Waals surface area (Å²) in [6.07, 6.45) is 1.46. The molecule has 2 N–H and O–H groups in total. The summed E-state index contributed by atoms with van der Waals surface area (Å²) in [5, 5.41) is 6.40. The molecule has 0 unspecified atom stereocenters. The highest BCUT2D eigenvalue weighted by molar-refractivity contribution is 6.39. The Morgan fingerprint density at radius 1 is 0.964 bits per heavy atom. The molecule has 2 aromatic rings. The number of nitrogens with zero attached hydrogens (tertiary/aromatic N) is 1. The summed E-state index contributed by atoms with van der Waals surface area (Å²) in [6, 6.07) is 16.0. The number of aryl methyl sites for hydroxylation is 1. The van der Waals surface area contributed by atoms with Crippen LogP contribution in [0.5, 0.6) is 0 Å². The molecule has 0 aliphatic heterocycles. The number of carbonyl (C=O) groups excluding carboxylic acids is 3. The van der Waals surface area contributed by atoms with Crippen LogP contribution in [0.3, 0.4) is 0 Å². The minimum Gasteiger partial charge on any atom is -0.462 e. The van der Waals surface area contributed by atoms with Crippen molar-refractivity contribution in [1.29, 1.82) is 0 Å². The fourth-order valence-corrected chi connectivity index (χ4v) is 2.31. The molecule has 7 heteroatoms. The summed E-state index contributed by atoms with van der Waals surface area (Å²) in [5.41, 5.74) is 4.88. The molecule has 0 aromatic heterocycles. The average molecular weight is 381 g/mol. The molecule has 0 radical (unpaired) electrons. The van der Waals surface area contributed by atoms with E-state index < -0.39 is 17.8 Å². The third-order valence-corrected chi connectivity index (χ3v) is 3.83. The summed E-state index contributed by atoms with van der Waals surface area (Å²) in [4.78, 5) is 35.4. The zero-order valence-electron chi connectivity index (χ0n) is 15.9. The monoisotopic (exact) mass is 381 g/mol. The van der Waals surface area contributed by atoms with Crippen molar-refractivity contribution in [1.82, 2.24) is 5.43 Å². The van der Waals surface area contributed by atoms with Crippen LogP contribution >= 0.6 is 0 Å². The minimum atomic E-state index is -0.867. The van der Waals surface area contributed by atoms with Gasteiger partial charge in [0.2, 0.25) is 0 Å². The third-order valence-electron chi connectivity index (χ3n) is 3.83. The van der Waals surface area contributed by atoms with Crippen molar-refractivity contribution in [3.63, 3.8) is 0 Å². The average Bonchev–Trinajstić information content (AvgIpc) is 2.71. The van der Waals surface area contributed by atoms with E-state index in [0.717, 1.165) is 6.42 Å². The van der Waals surface area contributed by atoms with Crippen LogP contribution in [0.15, 0.2) is 59.7 Å². The van der Waals surface area contributed by atoms with Gasteiger partial charge in [-0.1, -0.05) is 30.3 Å². The van der Waals surface area contributed by atoms with Crippen molar-refractivity contribution < 1.29 is 19.1 Å². The van der Waals surface area contributed by atoms with Crippen LogP contribution in [0.4, 0.5) is 5.69 Å². The summed E-state index contributed by atoms with van der Waals surface area (Å²) in [5.74, 6) is -2.16. The molecule has 0 atom stereocenters. The van der Waals surface area contributed by atoms with Gasteiger partial charge in [0.25, 0.3) is 0 Å². The van der Waals surface area contributed by atoms with Gasteiger partial charge in [-0.15, -0.1) is 0 Å². The quantitative estimate of drug-likeness (QED) is 0.333. The zero-order chi connectivity index (χ0) is 20.4. The maximum Gasteiger partial charge on any atom is 0.338 e. The van der Waals surface area contributed by atoms with Crippen molar-refractivity contribution in [3.8, 4) is 0 Å². The Balaban J connectivity index is 1.81. The summed E-state index contributed by atoms with van der Waals surface area (Å²) >= 11 is 0. The summed E-state index contributed by atoms with van der Waals surface area (Å²) in [6.45, 7) is 3.79. The van der Waals surface area contributed by atoms with Gasteiger partial charge < -0.3 is 10.1 Å². The van der Waals surface area contributed by atoms with Crippen molar-refractivity contribution >= 4 is 29.2 Å². The number of anilines is 1. The lowest BCUT2D eigenvalue weighted by atomic mass is 10.1. The van der Waals surface area contributed by atoms with E-state index in [9.17, 15) is 14.4 Å². The number of nitrogens with one attached hydrogen (secondary N) is 2. The Morgan fingerprint density at radius 2 is 1.64 bits per heavy atom. The van der Waals surface area contributed by atoms with Gasteiger partial charge in [-0.3, -0.25) is 9.59 Å². The van der Waals surface area contributed by atoms with Crippen LogP contribution in [0.1, 0.15) is 36.2 Å². The number of ether oxygens (including phenoxy) is 1. The molecule has 0 spiro atoms. The van der Waals surface area contributed by atoms with Gasteiger partial charge in [0, 0.05) is 11.4 Å². The molecule has 0 aliphatic carbocycles. The number of hydrazone groups is 1. The van der Waals surface area contributed by atoms with E-state index >= 15 is 0 Å². The molecule has 28 heavy (non-hydrogen) atoms. The fourth-order valence-electron chi connectivity index (χ4n) is 2.31. The molecule has 2 aromatic carbocycles. The van der Waals surface area contributed by atoms with E-state index in [2.05, 4.69) is 15.8 Å². The molecule has 0 saturated heterocycles. The largest absolute Gasteiger partial charge is 0.462 e. The Kier molecular flexibility index (Phi) is 7.90. The topological polar surface area (TPSA) is 96.9 Å². The van der Waals surface area contributed by atoms with E-state index in [1.54, 1.807) is 13.8 Å². The van der Waals surface area contributed by atoms with E-state index in [1.807, 2.05) is 30.3 Å². The van der Waals surface area contributed by atoms with Crippen LogP contribution in [-0.4, -0.2) is 30.1 Å². The second-order valence-corrected chi connectivity index (χ2v) is 6.03. The Morgan fingerprint density at radius 3 is 2.29 bits per heavy atom. The minimum absolute atomic E-state index is 0.281. The maximum atomic E-state index is 11.9. The smallest absolute Gasteiger partial charge is 0.338 e. The first-order valence-corrected chi connectivity index (χ1v) is 8.95. The van der Waals surface area contributed by atoms with Crippen LogP contribution in [-0.2, 0) is 20.7 Å². The molecular weight excluding hydrogens is 358 g/mol. The molecule has 2 amide bonds. The first-order valence-electron chi connectivity index (χ1n) is 8.95. The van der Waals surface area contributed by atoms with E-state index in [4.69, 9.17) is 4.74 Å². The highest BCUT2D eigenvalue weighted by Gasteiger charge is 2.14. The maximum absolute atomic E-state index is 11.9. The summed E-state index contributed by atoms with van der Waals surface area (Å²) in [7, 11) is 0. The van der Waals surface area contributed by atoms with E-state index in [0.29, 0.717) is 23.4 Å². The number of hydrogen-bond acceptors (Lipinski definition) is 5. The van der Waals surface area contributed by atoms with Crippen LogP contribution in [0, 0.1) is 0 Å². The Labute approximate surface area is 163 Å². The fraction of sp³-hybridized carbons (Fsp3) is 0.238. The normalized spacial score (nSPS) is 10.9.